The lowest BCUT2D eigenvalue weighted by Gasteiger charge is -2.49. The van der Waals surface area contributed by atoms with Crippen LogP contribution < -0.4 is 21.1 Å². The van der Waals surface area contributed by atoms with Gasteiger partial charge in [-0.2, -0.15) is 0 Å². The Labute approximate surface area is 242 Å². The number of nitrogen functional groups attached to an aromatic ring is 1. The van der Waals surface area contributed by atoms with E-state index in [1.807, 2.05) is 0 Å². The summed E-state index contributed by atoms with van der Waals surface area (Å²) in [5.74, 6) is -1.20. The molecule has 2 aliphatic rings. The van der Waals surface area contributed by atoms with Crippen LogP contribution in [0.2, 0.25) is 0 Å². The summed E-state index contributed by atoms with van der Waals surface area (Å²) >= 11 is 2.36. The van der Waals surface area contributed by atoms with Crippen LogP contribution >= 0.6 is 23.1 Å². The molecule has 16 heteroatoms. The summed E-state index contributed by atoms with van der Waals surface area (Å²) in [5.41, 5.74) is 6.45. The van der Waals surface area contributed by atoms with E-state index in [4.69, 9.17) is 19.9 Å². The third kappa shape index (κ3) is 6.60. The first-order valence-corrected chi connectivity index (χ1v) is 13.9. The summed E-state index contributed by atoms with van der Waals surface area (Å²) in [4.78, 5) is 55.9. The first-order valence-electron chi connectivity index (χ1n) is 12.0. The van der Waals surface area contributed by atoms with E-state index in [1.165, 1.54) is 35.2 Å². The molecule has 216 valence electrons. The average molecular weight is 603 g/mol. The zero-order valence-corrected chi connectivity index (χ0v) is 23.5. The number of anilines is 1. The molecule has 0 bridgehead atoms. The zero-order valence-electron chi connectivity index (χ0n) is 21.9. The zero-order chi connectivity index (χ0) is 29.5. The van der Waals surface area contributed by atoms with Gasteiger partial charge in [0, 0.05) is 18.2 Å². The molecule has 4 rings (SSSR count). The molecule has 2 atom stereocenters. The molecule has 0 unspecified atom stereocenters. The van der Waals surface area contributed by atoms with E-state index in [0.717, 1.165) is 11.3 Å². The Morgan fingerprint density at radius 2 is 2.02 bits per heavy atom. The molecule has 1 saturated heterocycles. The van der Waals surface area contributed by atoms with Crippen LogP contribution in [0.4, 0.5) is 9.93 Å². The van der Waals surface area contributed by atoms with Gasteiger partial charge in [0.2, 0.25) is 0 Å². The maximum absolute atomic E-state index is 13.3. The SMILES string of the molecule is CNC(=O)OC/C=C\C1=C(C(=O)OCc2ccc(OC)cc2)N2C(=O)[C@@H](NC(=O)/C(=N\O)c3csc(N)n3)[C@H]2SC1. The standard InChI is InChI=1S/C25H26N6O8S2/c1-27-25(35)38-9-3-4-14-11-40-22-18(29-20(32)17(30-36)16-12-41-24(26)28-16)21(33)31(22)19(14)23(34)39-10-13-5-7-15(37-2)8-6-13/h3-8,12,18,22,36H,9-11H2,1-2H3,(H2,26,28)(H,27,35)(H,29,32)/b4-3-,30-17-/t18-,22-/m1/s1. The number of oxime groups is 1. The van der Waals surface area contributed by atoms with Crippen LogP contribution in [0.25, 0.3) is 0 Å². The van der Waals surface area contributed by atoms with Crippen molar-refractivity contribution < 1.29 is 38.6 Å². The predicted molar refractivity (Wildman–Crippen MR) is 149 cm³/mol. The third-order valence-electron chi connectivity index (χ3n) is 5.92. The fourth-order valence-corrected chi connectivity index (χ4v) is 5.77. The van der Waals surface area contributed by atoms with Gasteiger partial charge in [-0.1, -0.05) is 23.4 Å². The van der Waals surface area contributed by atoms with Gasteiger partial charge in [0.1, 0.15) is 41.8 Å². The molecule has 1 aromatic carbocycles. The minimum absolute atomic E-state index is 0.0114. The number of nitrogens with one attached hydrogen (secondary N) is 2. The van der Waals surface area contributed by atoms with Crippen molar-refractivity contribution in [2.24, 2.45) is 5.16 Å². The third-order valence-corrected chi connectivity index (χ3v) is 7.90. The van der Waals surface area contributed by atoms with Gasteiger partial charge in [0.05, 0.1) is 7.11 Å². The number of alkyl carbamates (subject to hydrolysis) is 1. The van der Waals surface area contributed by atoms with Crippen LogP contribution in [0.15, 0.2) is 58.2 Å². The summed E-state index contributed by atoms with van der Waals surface area (Å²) in [6.07, 6.45) is 2.50. The highest BCUT2D eigenvalue weighted by Gasteiger charge is 2.54. The first-order chi connectivity index (χ1) is 19.8. The molecule has 1 fully saturated rings. The number of rotatable bonds is 10. The van der Waals surface area contributed by atoms with Gasteiger partial charge >= 0.3 is 12.1 Å². The van der Waals surface area contributed by atoms with Crippen molar-refractivity contribution in [1.29, 1.82) is 0 Å². The molecule has 0 saturated carbocycles. The van der Waals surface area contributed by atoms with E-state index in [0.29, 0.717) is 16.9 Å². The maximum atomic E-state index is 13.3. The summed E-state index contributed by atoms with van der Waals surface area (Å²) in [5, 5.41) is 18.3. The van der Waals surface area contributed by atoms with E-state index in [1.54, 1.807) is 37.5 Å². The van der Waals surface area contributed by atoms with Crippen molar-refractivity contribution in [3.63, 3.8) is 0 Å². The smallest absolute Gasteiger partial charge is 0.407 e. The van der Waals surface area contributed by atoms with E-state index in [-0.39, 0.29) is 35.5 Å². The van der Waals surface area contributed by atoms with Crippen LogP contribution in [0.1, 0.15) is 11.3 Å². The monoisotopic (exact) mass is 602 g/mol. The predicted octanol–water partition coefficient (Wildman–Crippen LogP) is 1.22. The number of allylic oxidation sites excluding steroid dienone is 1. The number of methoxy groups -OCH3 is 1. The van der Waals surface area contributed by atoms with Crippen molar-refractivity contribution in [3.8, 4) is 5.75 Å². The van der Waals surface area contributed by atoms with Gasteiger partial charge in [0.25, 0.3) is 11.8 Å². The van der Waals surface area contributed by atoms with E-state index in [9.17, 15) is 24.4 Å². The Kier molecular flexibility index (Phi) is 9.46. The minimum Gasteiger partial charge on any atom is -0.497 e. The molecule has 0 spiro atoms. The Morgan fingerprint density at radius 3 is 2.66 bits per heavy atom. The summed E-state index contributed by atoms with van der Waals surface area (Å²) in [7, 11) is 2.97. The fraction of sp³-hybridized carbons (Fsp3) is 0.280. The quantitative estimate of drug-likeness (QED) is 0.100. The number of fused-ring (bicyclic) bond motifs is 1. The number of carbonyl (C=O) groups excluding carboxylic acids is 4. The number of thiazole rings is 1. The number of hydrogen-bond acceptors (Lipinski definition) is 13. The van der Waals surface area contributed by atoms with Crippen molar-refractivity contribution in [2.75, 3.05) is 32.3 Å². The number of nitrogens with two attached hydrogens (primary N) is 1. The second-order valence-corrected chi connectivity index (χ2v) is 10.4. The molecule has 0 radical (unpaired) electrons. The number of aromatic nitrogens is 1. The number of β-lactam (4-membered cyclic amide) rings is 1. The van der Waals surface area contributed by atoms with Crippen LogP contribution in [0.5, 0.6) is 5.75 Å². The Balaban J connectivity index is 1.51. The molecule has 3 amide bonds. The second-order valence-electron chi connectivity index (χ2n) is 8.43. The van der Waals surface area contributed by atoms with Crippen molar-refractivity contribution in [2.45, 2.75) is 18.0 Å². The van der Waals surface area contributed by atoms with Crippen LogP contribution in [-0.2, 0) is 30.5 Å². The number of ether oxygens (including phenoxy) is 3. The van der Waals surface area contributed by atoms with E-state index >= 15 is 0 Å². The molecular formula is C25H26N6O8S2. The van der Waals surface area contributed by atoms with Gasteiger partial charge in [-0.15, -0.1) is 23.1 Å². The number of hydrogen-bond donors (Lipinski definition) is 4. The fourth-order valence-electron chi connectivity index (χ4n) is 3.90. The number of benzene rings is 1. The van der Waals surface area contributed by atoms with Gasteiger partial charge in [-0.3, -0.25) is 14.5 Å². The topological polar surface area (TPSA) is 195 Å². The highest BCUT2D eigenvalue weighted by molar-refractivity contribution is 8.00. The number of nitrogens with zero attached hydrogens (tertiary/aromatic N) is 3. The molecular weight excluding hydrogens is 576 g/mol. The van der Waals surface area contributed by atoms with E-state index in [2.05, 4.69) is 20.8 Å². The van der Waals surface area contributed by atoms with Crippen molar-refractivity contribution >= 4 is 57.8 Å². The molecule has 5 N–H and O–H groups in total. The van der Waals surface area contributed by atoms with Crippen molar-refractivity contribution in [1.82, 2.24) is 20.5 Å². The summed E-state index contributed by atoms with van der Waals surface area (Å²) in [6.45, 7) is -0.126. The van der Waals surface area contributed by atoms with Gasteiger partial charge in [-0.05, 0) is 29.3 Å². The largest absolute Gasteiger partial charge is 0.497 e. The van der Waals surface area contributed by atoms with Crippen molar-refractivity contribution in [3.05, 3.63) is 64.3 Å². The number of esters is 1. The molecule has 2 aromatic rings. The highest BCUT2D eigenvalue weighted by Crippen LogP contribution is 2.41. The molecule has 41 heavy (non-hydrogen) atoms. The van der Waals surface area contributed by atoms with Gasteiger partial charge < -0.3 is 35.8 Å². The Morgan fingerprint density at radius 1 is 1.27 bits per heavy atom. The van der Waals surface area contributed by atoms with Gasteiger partial charge in [0.15, 0.2) is 10.8 Å². The van der Waals surface area contributed by atoms with Crippen LogP contribution in [0.3, 0.4) is 0 Å². The molecule has 3 heterocycles. The first kappa shape index (κ1) is 29.4. The summed E-state index contributed by atoms with van der Waals surface area (Å²) < 4.78 is 15.6. The lowest BCUT2D eigenvalue weighted by atomic mass is 10.0. The van der Waals surface area contributed by atoms with Gasteiger partial charge in [-0.25, -0.2) is 14.6 Å². The van der Waals surface area contributed by atoms with Crippen LogP contribution in [0, 0.1) is 0 Å². The number of carbonyl (C=O) groups is 4. The van der Waals surface area contributed by atoms with E-state index < -0.39 is 41.0 Å². The lowest BCUT2D eigenvalue weighted by molar-refractivity contribution is -0.153. The summed E-state index contributed by atoms with van der Waals surface area (Å²) in [6, 6.07) is 5.94. The Hall–Kier alpha value is -4.57. The second kappa shape index (κ2) is 13.2. The number of thioether (sulfide) groups is 1. The number of amides is 3. The molecule has 2 aliphatic heterocycles. The van der Waals surface area contributed by atoms with Crippen LogP contribution in [-0.4, -0.2) is 82.6 Å². The molecule has 1 aromatic heterocycles. The lowest BCUT2D eigenvalue weighted by Crippen LogP contribution is -2.71. The minimum atomic E-state index is -1.01. The maximum Gasteiger partial charge on any atom is 0.407 e. The Bertz CT molecular complexity index is 1420. The molecule has 0 aliphatic carbocycles. The average Bonchev–Trinajstić information content (AvgIpc) is 3.42. The molecule has 14 nitrogen and oxygen atoms in total. The normalized spacial score (nSPS) is 18.4. The highest BCUT2D eigenvalue weighted by atomic mass is 32.2.